The van der Waals surface area contributed by atoms with Gasteiger partial charge in [0.15, 0.2) is 0 Å². The molecule has 0 radical (unpaired) electrons. The number of piperidine rings is 1. The topological polar surface area (TPSA) is 70.8 Å². The summed E-state index contributed by atoms with van der Waals surface area (Å²) in [7, 11) is 0. The number of aliphatic hydroxyl groups excluding tert-OH is 1. The molecule has 0 aliphatic carbocycles. The van der Waals surface area contributed by atoms with Gasteiger partial charge in [-0.05, 0) is 25.0 Å². The first-order valence-corrected chi connectivity index (χ1v) is 6.65. The number of carbonyl (C=O) groups is 1. The second-order valence-corrected chi connectivity index (χ2v) is 5.03. The van der Waals surface area contributed by atoms with Crippen molar-refractivity contribution < 1.29 is 14.3 Å². The number of likely N-dealkylation sites (tertiary alicyclic amines) is 1. The van der Waals surface area contributed by atoms with Crippen LogP contribution in [0.1, 0.15) is 23.2 Å². The third-order valence-electron chi connectivity index (χ3n) is 3.56. The lowest BCUT2D eigenvalue weighted by Gasteiger charge is -2.29. The fraction of sp³-hybridized carbons (Fsp3) is 0.333. The average Bonchev–Trinajstić information content (AvgIpc) is 2.46. The van der Waals surface area contributed by atoms with Crippen molar-refractivity contribution in [2.45, 2.75) is 18.9 Å². The van der Waals surface area contributed by atoms with Crippen molar-refractivity contribution in [2.24, 2.45) is 0 Å². The van der Waals surface area contributed by atoms with Gasteiger partial charge in [-0.15, -0.1) is 0 Å². The molecule has 0 bridgehead atoms. The lowest BCUT2D eigenvalue weighted by molar-refractivity contribution is 0.0470. The van der Waals surface area contributed by atoms with Gasteiger partial charge in [-0.1, -0.05) is 18.2 Å². The molecule has 1 N–H and O–H groups in total. The van der Waals surface area contributed by atoms with Crippen LogP contribution in [0.4, 0.5) is 0 Å². The average molecular weight is 273 g/mol. The van der Waals surface area contributed by atoms with Crippen molar-refractivity contribution in [1.29, 1.82) is 0 Å². The summed E-state index contributed by atoms with van der Waals surface area (Å²) in [5, 5.41) is 10.3. The smallest absolute Gasteiger partial charge is 0.349 e. The summed E-state index contributed by atoms with van der Waals surface area (Å²) in [5.41, 5.74) is -0.140. The molecule has 1 aliphatic heterocycles. The summed E-state index contributed by atoms with van der Waals surface area (Å²) in [6, 6.07) is 8.63. The molecule has 2 heterocycles. The Kier molecular flexibility index (Phi) is 3.28. The lowest BCUT2D eigenvalue weighted by atomic mass is 10.1. The van der Waals surface area contributed by atoms with E-state index in [1.165, 1.54) is 4.90 Å². The standard InChI is InChI=1S/C15H15NO4/c17-11-5-3-7-16(9-11)14(18)12-8-10-4-1-2-6-13(10)20-15(12)19/h1-2,4,6,8,11,17H,3,5,7,9H2/t11-/m0/s1. The maximum absolute atomic E-state index is 12.4. The first kappa shape index (κ1) is 12.9. The SMILES string of the molecule is O=C(c1cc2ccccc2oc1=O)N1CCC[C@H](O)C1. The van der Waals surface area contributed by atoms with E-state index in [-0.39, 0.29) is 18.0 Å². The zero-order valence-corrected chi connectivity index (χ0v) is 10.9. The van der Waals surface area contributed by atoms with Gasteiger partial charge >= 0.3 is 5.63 Å². The summed E-state index contributed by atoms with van der Waals surface area (Å²) in [6.45, 7) is 0.827. The summed E-state index contributed by atoms with van der Waals surface area (Å²) < 4.78 is 5.17. The van der Waals surface area contributed by atoms with E-state index in [2.05, 4.69) is 0 Å². The molecular formula is C15H15NO4. The minimum Gasteiger partial charge on any atom is -0.422 e. The highest BCUT2D eigenvalue weighted by molar-refractivity contribution is 5.96. The molecule has 0 saturated carbocycles. The molecule has 0 spiro atoms. The third-order valence-corrected chi connectivity index (χ3v) is 3.56. The largest absolute Gasteiger partial charge is 0.422 e. The number of nitrogens with zero attached hydrogens (tertiary/aromatic N) is 1. The number of hydrogen-bond acceptors (Lipinski definition) is 4. The summed E-state index contributed by atoms with van der Waals surface area (Å²) in [5.74, 6) is -0.372. The highest BCUT2D eigenvalue weighted by Crippen LogP contribution is 2.16. The number of fused-ring (bicyclic) bond motifs is 1. The Morgan fingerprint density at radius 2 is 2.15 bits per heavy atom. The molecule has 1 aliphatic rings. The van der Waals surface area contributed by atoms with Crippen molar-refractivity contribution in [3.05, 3.63) is 46.3 Å². The summed E-state index contributed by atoms with van der Waals surface area (Å²) >= 11 is 0. The highest BCUT2D eigenvalue weighted by Gasteiger charge is 2.25. The van der Waals surface area contributed by atoms with Crippen LogP contribution in [0, 0.1) is 0 Å². The Labute approximate surface area is 115 Å². The van der Waals surface area contributed by atoms with Crippen molar-refractivity contribution in [1.82, 2.24) is 4.90 Å². The van der Waals surface area contributed by atoms with E-state index in [0.717, 1.165) is 6.42 Å². The number of aliphatic hydroxyl groups is 1. The Morgan fingerprint density at radius 1 is 1.35 bits per heavy atom. The predicted molar refractivity (Wildman–Crippen MR) is 73.6 cm³/mol. The van der Waals surface area contributed by atoms with Crippen molar-refractivity contribution >= 4 is 16.9 Å². The Bertz CT molecular complexity index is 706. The molecule has 5 nitrogen and oxygen atoms in total. The van der Waals surface area contributed by atoms with Gasteiger partial charge in [0.1, 0.15) is 11.1 Å². The van der Waals surface area contributed by atoms with Crippen LogP contribution < -0.4 is 5.63 Å². The van der Waals surface area contributed by atoms with Gasteiger partial charge in [-0.25, -0.2) is 4.79 Å². The minimum atomic E-state index is -0.631. The zero-order valence-electron chi connectivity index (χ0n) is 10.9. The van der Waals surface area contributed by atoms with E-state index in [9.17, 15) is 14.7 Å². The number of rotatable bonds is 1. The number of amides is 1. The Hall–Kier alpha value is -2.14. The van der Waals surface area contributed by atoms with Crippen LogP contribution in [0.3, 0.4) is 0 Å². The molecule has 0 unspecified atom stereocenters. The first-order chi connectivity index (χ1) is 9.65. The van der Waals surface area contributed by atoms with Gasteiger partial charge in [-0.3, -0.25) is 4.79 Å². The number of β-amino-alcohol motifs (C(OH)–C–C–N with tert-alkyl or cyclic N) is 1. The van der Waals surface area contributed by atoms with Crippen LogP contribution in [0.25, 0.3) is 11.0 Å². The highest BCUT2D eigenvalue weighted by atomic mass is 16.4. The Morgan fingerprint density at radius 3 is 2.95 bits per heavy atom. The normalized spacial score (nSPS) is 19.2. The van der Waals surface area contributed by atoms with Crippen LogP contribution in [0.2, 0.25) is 0 Å². The van der Waals surface area contributed by atoms with E-state index in [1.807, 2.05) is 6.07 Å². The predicted octanol–water partition coefficient (Wildman–Crippen LogP) is 1.39. The van der Waals surface area contributed by atoms with Crippen LogP contribution in [0.15, 0.2) is 39.5 Å². The molecule has 1 aromatic heterocycles. The van der Waals surface area contributed by atoms with Crippen molar-refractivity contribution in [3.63, 3.8) is 0 Å². The van der Waals surface area contributed by atoms with Gasteiger partial charge in [0, 0.05) is 18.5 Å². The number of para-hydroxylation sites is 1. The van der Waals surface area contributed by atoms with Gasteiger partial charge in [0.05, 0.1) is 6.10 Å². The minimum absolute atomic E-state index is 0.0257. The molecule has 5 heteroatoms. The van der Waals surface area contributed by atoms with Crippen LogP contribution >= 0.6 is 0 Å². The van der Waals surface area contributed by atoms with Gasteiger partial charge in [0.25, 0.3) is 5.91 Å². The fourth-order valence-electron chi connectivity index (χ4n) is 2.52. The monoisotopic (exact) mass is 273 g/mol. The van der Waals surface area contributed by atoms with Crippen LogP contribution in [0.5, 0.6) is 0 Å². The number of carbonyl (C=O) groups excluding carboxylic acids is 1. The Balaban J connectivity index is 1.98. The van der Waals surface area contributed by atoms with Crippen LogP contribution in [-0.2, 0) is 0 Å². The second kappa shape index (κ2) is 5.09. The van der Waals surface area contributed by atoms with Crippen LogP contribution in [-0.4, -0.2) is 35.1 Å². The molecule has 104 valence electrons. The second-order valence-electron chi connectivity index (χ2n) is 5.03. The molecule has 3 rings (SSSR count). The fourth-order valence-corrected chi connectivity index (χ4v) is 2.52. The first-order valence-electron chi connectivity index (χ1n) is 6.65. The van der Waals surface area contributed by atoms with Crippen molar-refractivity contribution in [2.75, 3.05) is 13.1 Å². The molecule has 20 heavy (non-hydrogen) atoms. The third kappa shape index (κ3) is 2.32. The molecule has 1 fully saturated rings. The quantitative estimate of drug-likeness (QED) is 0.797. The van der Waals surface area contributed by atoms with Gasteiger partial charge in [0.2, 0.25) is 0 Å². The summed E-state index contributed by atoms with van der Waals surface area (Å²) in [6.07, 6.45) is 0.919. The molecule has 1 atom stereocenters. The van der Waals surface area contributed by atoms with E-state index in [1.54, 1.807) is 24.3 Å². The number of benzene rings is 1. The maximum Gasteiger partial charge on any atom is 0.349 e. The van der Waals surface area contributed by atoms with E-state index in [4.69, 9.17) is 4.42 Å². The van der Waals surface area contributed by atoms with E-state index in [0.29, 0.717) is 23.9 Å². The number of hydrogen-bond donors (Lipinski definition) is 1. The molecule has 1 aromatic carbocycles. The van der Waals surface area contributed by atoms with E-state index >= 15 is 0 Å². The summed E-state index contributed by atoms with van der Waals surface area (Å²) in [4.78, 5) is 25.8. The van der Waals surface area contributed by atoms with E-state index < -0.39 is 11.7 Å². The van der Waals surface area contributed by atoms with Gasteiger partial charge < -0.3 is 14.4 Å². The molecule has 1 saturated heterocycles. The molecule has 2 aromatic rings. The van der Waals surface area contributed by atoms with Crippen molar-refractivity contribution in [3.8, 4) is 0 Å². The molecular weight excluding hydrogens is 258 g/mol. The molecule has 1 amide bonds. The van der Waals surface area contributed by atoms with Gasteiger partial charge in [-0.2, -0.15) is 0 Å². The maximum atomic E-state index is 12.4. The zero-order chi connectivity index (χ0) is 14.1. The lowest BCUT2D eigenvalue weighted by Crippen LogP contribution is -2.43.